The fourth-order valence-electron chi connectivity index (χ4n) is 2.57. The third-order valence-electron chi connectivity index (χ3n) is 3.88. The van der Waals surface area contributed by atoms with Crippen molar-refractivity contribution >= 4 is 29.2 Å². The van der Waals surface area contributed by atoms with Crippen molar-refractivity contribution in [2.24, 2.45) is 0 Å². The van der Waals surface area contributed by atoms with Crippen molar-refractivity contribution in [3.05, 3.63) is 87.8 Å². The molecule has 1 amide bonds. The Morgan fingerprint density at radius 3 is 2.37 bits per heavy atom. The Morgan fingerprint density at radius 1 is 1.00 bits per heavy atom. The number of carbonyl (C=O) groups excluding carboxylic acids is 1. The Bertz CT molecular complexity index is 1060. The van der Waals surface area contributed by atoms with E-state index in [-0.39, 0.29) is 5.91 Å². The van der Waals surface area contributed by atoms with E-state index in [1.165, 1.54) is 18.3 Å². The lowest BCUT2D eigenvalue weighted by atomic mass is 10.0. The zero-order chi connectivity index (χ0) is 19.4. The van der Waals surface area contributed by atoms with Crippen LogP contribution in [0.2, 0.25) is 5.02 Å². The molecule has 0 aliphatic carbocycles. The van der Waals surface area contributed by atoms with Crippen LogP contribution in [0.5, 0.6) is 0 Å². The van der Waals surface area contributed by atoms with Crippen molar-refractivity contribution in [1.29, 1.82) is 0 Å². The van der Waals surface area contributed by atoms with Crippen molar-refractivity contribution in [3.8, 4) is 11.1 Å². The predicted octanol–water partition coefficient (Wildman–Crippen LogP) is 3.51. The Hall–Kier alpha value is -3.38. The van der Waals surface area contributed by atoms with Crippen LogP contribution in [0, 0.1) is 0 Å². The van der Waals surface area contributed by atoms with E-state index in [4.69, 9.17) is 16.7 Å². The first-order valence-electron chi connectivity index (χ1n) is 8.02. The molecular weight excluding hydrogens is 368 g/mol. The highest BCUT2D eigenvalue weighted by Crippen LogP contribution is 2.27. The van der Waals surface area contributed by atoms with E-state index in [9.17, 15) is 14.4 Å². The maximum absolute atomic E-state index is 12.4. The number of carboxylic acid groups (broad SMARTS) is 1. The smallest absolute Gasteiger partial charge is 0.323 e. The highest BCUT2D eigenvalue weighted by atomic mass is 35.5. The van der Waals surface area contributed by atoms with E-state index in [1.807, 2.05) is 18.2 Å². The van der Waals surface area contributed by atoms with Crippen molar-refractivity contribution in [3.63, 3.8) is 0 Å². The van der Waals surface area contributed by atoms with Crippen LogP contribution in [0.1, 0.15) is 10.4 Å². The molecule has 0 unspecified atom stereocenters. The molecule has 6 nitrogen and oxygen atoms in total. The highest BCUT2D eigenvalue weighted by molar-refractivity contribution is 6.33. The molecule has 0 radical (unpaired) electrons. The van der Waals surface area contributed by atoms with Crippen molar-refractivity contribution < 1.29 is 14.7 Å². The number of hydrogen-bond donors (Lipinski definition) is 2. The lowest BCUT2D eigenvalue weighted by Gasteiger charge is -2.09. The first-order valence-corrected chi connectivity index (χ1v) is 8.40. The summed E-state index contributed by atoms with van der Waals surface area (Å²) < 4.78 is 1.01. The minimum atomic E-state index is -1.14. The van der Waals surface area contributed by atoms with Crippen LogP contribution in [0.3, 0.4) is 0 Å². The number of aromatic nitrogens is 1. The average molecular weight is 383 g/mol. The van der Waals surface area contributed by atoms with Gasteiger partial charge in [0.05, 0.1) is 5.69 Å². The molecule has 0 bridgehead atoms. The monoisotopic (exact) mass is 382 g/mol. The molecule has 0 aliphatic heterocycles. The van der Waals surface area contributed by atoms with Crippen LogP contribution in [-0.2, 0) is 11.3 Å². The number of amides is 1. The van der Waals surface area contributed by atoms with Crippen LogP contribution in [0.25, 0.3) is 11.1 Å². The SMILES string of the molecule is O=C(O)Cn1cc(NC(=O)c2ccc(-c3ccccc3Cl)cc2)ccc1=O. The number of benzene rings is 2. The number of halogens is 1. The van der Waals surface area contributed by atoms with Gasteiger partial charge in [0.25, 0.3) is 11.5 Å². The molecule has 2 aromatic carbocycles. The van der Waals surface area contributed by atoms with Crippen LogP contribution in [0.4, 0.5) is 5.69 Å². The first-order chi connectivity index (χ1) is 12.9. The minimum absolute atomic E-state index is 0.330. The Balaban J connectivity index is 1.78. The Morgan fingerprint density at radius 2 is 1.70 bits per heavy atom. The maximum atomic E-state index is 12.4. The van der Waals surface area contributed by atoms with Gasteiger partial charge in [-0.05, 0) is 29.8 Å². The Labute approximate surface area is 159 Å². The average Bonchev–Trinajstić information content (AvgIpc) is 2.64. The topological polar surface area (TPSA) is 88.4 Å². The summed E-state index contributed by atoms with van der Waals surface area (Å²) >= 11 is 6.18. The molecule has 0 saturated heterocycles. The van der Waals surface area contributed by atoms with E-state index in [0.29, 0.717) is 16.3 Å². The van der Waals surface area contributed by atoms with Crippen LogP contribution in [0.15, 0.2) is 71.7 Å². The summed E-state index contributed by atoms with van der Waals surface area (Å²) in [6.45, 7) is -0.477. The van der Waals surface area contributed by atoms with E-state index >= 15 is 0 Å². The second-order valence-corrected chi connectivity index (χ2v) is 6.20. The summed E-state index contributed by atoms with van der Waals surface area (Å²) in [5, 5.41) is 12.1. The lowest BCUT2D eigenvalue weighted by Crippen LogP contribution is -2.24. The quantitative estimate of drug-likeness (QED) is 0.706. The number of aliphatic carboxylic acids is 1. The number of carboxylic acids is 1. The lowest BCUT2D eigenvalue weighted by molar-refractivity contribution is -0.137. The van der Waals surface area contributed by atoms with Crippen LogP contribution >= 0.6 is 11.6 Å². The van der Waals surface area contributed by atoms with Gasteiger partial charge < -0.3 is 15.0 Å². The molecule has 0 aliphatic rings. The van der Waals surface area contributed by atoms with Gasteiger partial charge in [0.1, 0.15) is 6.54 Å². The molecule has 0 atom stereocenters. The van der Waals surface area contributed by atoms with Crippen molar-refractivity contribution in [2.45, 2.75) is 6.54 Å². The first kappa shape index (κ1) is 18.4. The van der Waals surface area contributed by atoms with Gasteiger partial charge >= 0.3 is 5.97 Å². The van der Waals surface area contributed by atoms with Gasteiger partial charge in [-0.1, -0.05) is 41.9 Å². The van der Waals surface area contributed by atoms with E-state index in [0.717, 1.165) is 15.7 Å². The molecule has 27 heavy (non-hydrogen) atoms. The van der Waals surface area contributed by atoms with Gasteiger partial charge in [0, 0.05) is 28.4 Å². The summed E-state index contributed by atoms with van der Waals surface area (Å²) in [6, 6.07) is 17.0. The summed E-state index contributed by atoms with van der Waals surface area (Å²) in [7, 11) is 0. The largest absolute Gasteiger partial charge is 0.480 e. The predicted molar refractivity (Wildman–Crippen MR) is 103 cm³/mol. The number of nitrogens with one attached hydrogen (secondary N) is 1. The number of nitrogens with zero attached hydrogens (tertiary/aromatic N) is 1. The molecule has 136 valence electrons. The highest BCUT2D eigenvalue weighted by Gasteiger charge is 2.09. The van der Waals surface area contributed by atoms with Crippen molar-refractivity contribution in [1.82, 2.24) is 4.57 Å². The second kappa shape index (κ2) is 7.88. The van der Waals surface area contributed by atoms with Gasteiger partial charge in [-0.3, -0.25) is 14.4 Å². The zero-order valence-corrected chi connectivity index (χ0v) is 14.8. The van der Waals surface area contributed by atoms with Crippen molar-refractivity contribution in [2.75, 3.05) is 5.32 Å². The second-order valence-electron chi connectivity index (χ2n) is 5.79. The minimum Gasteiger partial charge on any atom is -0.480 e. The molecule has 2 N–H and O–H groups in total. The third-order valence-corrected chi connectivity index (χ3v) is 4.21. The zero-order valence-electron chi connectivity index (χ0n) is 14.1. The molecule has 0 saturated carbocycles. The van der Waals surface area contributed by atoms with Crippen LogP contribution in [-0.4, -0.2) is 21.6 Å². The summed E-state index contributed by atoms with van der Waals surface area (Å²) in [4.78, 5) is 34.8. The van der Waals surface area contributed by atoms with Gasteiger partial charge in [0.2, 0.25) is 0 Å². The molecule has 0 spiro atoms. The number of pyridine rings is 1. The number of carbonyl (C=O) groups is 2. The fourth-order valence-corrected chi connectivity index (χ4v) is 2.82. The third kappa shape index (κ3) is 4.43. The van der Waals surface area contributed by atoms with E-state index < -0.39 is 18.1 Å². The molecule has 3 rings (SSSR count). The standard InChI is InChI=1S/C20H15ClN2O4/c21-17-4-2-1-3-16(17)13-5-7-14(8-6-13)20(27)22-15-9-10-18(24)23(11-15)12-19(25)26/h1-11H,12H2,(H,22,27)(H,25,26). The molecule has 1 heterocycles. The van der Waals surface area contributed by atoms with Crippen LogP contribution < -0.4 is 10.9 Å². The summed E-state index contributed by atoms with van der Waals surface area (Å²) in [5.74, 6) is -1.52. The molecule has 0 fully saturated rings. The summed E-state index contributed by atoms with van der Waals surface area (Å²) in [5.41, 5.74) is 2.04. The van der Waals surface area contributed by atoms with Gasteiger partial charge in [-0.15, -0.1) is 0 Å². The number of rotatable bonds is 5. The van der Waals surface area contributed by atoms with E-state index in [1.54, 1.807) is 30.3 Å². The van der Waals surface area contributed by atoms with Gasteiger partial charge in [0.15, 0.2) is 0 Å². The fraction of sp³-hybridized carbons (Fsp3) is 0.0500. The molecule has 7 heteroatoms. The van der Waals surface area contributed by atoms with Gasteiger partial charge in [-0.2, -0.15) is 0 Å². The van der Waals surface area contributed by atoms with Gasteiger partial charge in [-0.25, -0.2) is 0 Å². The molecule has 1 aromatic heterocycles. The maximum Gasteiger partial charge on any atom is 0.323 e. The summed E-state index contributed by atoms with van der Waals surface area (Å²) in [6.07, 6.45) is 1.30. The molecule has 3 aromatic rings. The molecular formula is C20H15ClN2O4. The normalized spacial score (nSPS) is 10.4. The van der Waals surface area contributed by atoms with E-state index in [2.05, 4.69) is 5.32 Å². The Kier molecular flexibility index (Phi) is 5.38. The number of hydrogen-bond acceptors (Lipinski definition) is 3. The number of anilines is 1.